The van der Waals surface area contributed by atoms with Crippen LogP contribution in [0, 0.1) is 41.5 Å². The van der Waals surface area contributed by atoms with Gasteiger partial charge in [0.2, 0.25) is 6.71 Å². The molecular formula is C30H32BN3O2. The van der Waals surface area contributed by atoms with E-state index in [2.05, 4.69) is 99.7 Å². The first-order valence-electron chi connectivity index (χ1n) is 12.1. The van der Waals surface area contributed by atoms with Crippen molar-refractivity contribution in [1.82, 2.24) is 15.2 Å². The van der Waals surface area contributed by atoms with E-state index in [1.54, 1.807) is 0 Å². The molecule has 0 radical (unpaired) electrons. The minimum Gasteiger partial charge on any atom is -0.456 e. The zero-order chi connectivity index (χ0) is 26.0. The van der Waals surface area contributed by atoms with Crippen molar-refractivity contribution in [1.29, 1.82) is 0 Å². The standard InChI is InChI=1S/C30H32BN3O2/c1-8-28(35)36-17-25-16-27(34-33-25)26-15-24(9-10-32-26)31(29-20(4)11-18(2)12-21(29)5)30-22(6)13-19(3)14-23(30)7/h8-16H,1,17H2,2-7H3,(H,33,34). The number of H-pyrrole nitrogens is 1. The van der Waals surface area contributed by atoms with E-state index in [0.717, 1.165) is 17.2 Å². The van der Waals surface area contributed by atoms with Crippen LogP contribution in [-0.2, 0) is 16.1 Å². The Labute approximate surface area is 213 Å². The first kappa shape index (κ1) is 25.2. The summed E-state index contributed by atoms with van der Waals surface area (Å²) < 4.78 is 5.13. The third-order valence-electron chi connectivity index (χ3n) is 6.60. The molecule has 4 aromatic rings. The summed E-state index contributed by atoms with van der Waals surface area (Å²) in [6.07, 6.45) is 2.99. The Bertz CT molecular complexity index is 1350. The first-order valence-corrected chi connectivity index (χ1v) is 12.1. The normalized spacial score (nSPS) is 10.8. The van der Waals surface area contributed by atoms with Crippen LogP contribution in [-0.4, -0.2) is 27.9 Å². The minimum absolute atomic E-state index is 0.0555. The van der Waals surface area contributed by atoms with Crippen molar-refractivity contribution in [3.8, 4) is 11.4 Å². The van der Waals surface area contributed by atoms with Crippen molar-refractivity contribution < 1.29 is 9.53 Å². The summed E-state index contributed by atoms with van der Waals surface area (Å²) in [7, 11) is 0. The molecule has 0 saturated carbocycles. The van der Waals surface area contributed by atoms with Crippen molar-refractivity contribution >= 4 is 29.1 Å². The van der Waals surface area contributed by atoms with Gasteiger partial charge in [-0.2, -0.15) is 5.10 Å². The highest BCUT2D eigenvalue weighted by molar-refractivity contribution is 6.96. The second-order valence-electron chi connectivity index (χ2n) is 9.62. The van der Waals surface area contributed by atoms with Gasteiger partial charge in [0.1, 0.15) is 12.3 Å². The number of rotatable bonds is 7. The lowest BCUT2D eigenvalue weighted by Gasteiger charge is -2.24. The number of carbonyl (C=O) groups is 1. The fourth-order valence-electron chi connectivity index (χ4n) is 5.31. The van der Waals surface area contributed by atoms with Crippen molar-refractivity contribution in [2.45, 2.75) is 48.1 Å². The van der Waals surface area contributed by atoms with E-state index < -0.39 is 5.97 Å². The van der Waals surface area contributed by atoms with Gasteiger partial charge >= 0.3 is 5.97 Å². The summed E-state index contributed by atoms with van der Waals surface area (Å²) in [5.41, 5.74) is 13.6. The van der Waals surface area contributed by atoms with Crippen LogP contribution in [0.25, 0.3) is 11.4 Å². The van der Waals surface area contributed by atoms with Gasteiger partial charge in [-0.1, -0.05) is 80.6 Å². The molecule has 0 aliphatic carbocycles. The molecule has 2 aromatic carbocycles. The van der Waals surface area contributed by atoms with Gasteiger partial charge in [-0.05, 0) is 59.7 Å². The molecule has 0 unspecified atom stereocenters. The molecule has 0 aliphatic rings. The highest BCUT2D eigenvalue weighted by Crippen LogP contribution is 2.17. The molecule has 1 N–H and O–H groups in total. The van der Waals surface area contributed by atoms with E-state index in [1.807, 2.05) is 12.3 Å². The Morgan fingerprint density at radius 3 is 1.97 bits per heavy atom. The number of carbonyl (C=O) groups excluding carboxylic acids is 1. The zero-order valence-corrected chi connectivity index (χ0v) is 21.9. The van der Waals surface area contributed by atoms with Crippen LogP contribution in [0.4, 0.5) is 0 Å². The molecule has 0 aliphatic heterocycles. The average molecular weight is 477 g/mol. The van der Waals surface area contributed by atoms with E-state index in [4.69, 9.17) is 4.74 Å². The number of hydrogen-bond acceptors (Lipinski definition) is 4. The highest BCUT2D eigenvalue weighted by atomic mass is 16.5. The Morgan fingerprint density at radius 2 is 1.44 bits per heavy atom. The van der Waals surface area contributed by atoms with Crippen LogP contribution in [0.2, 0.25) is 0 Å². The van der Waals surface area contributed by atoms with Gasteiger partial charge < -0.3 is 4.74 Å². The number of nitrogens with one attached hydrogen (secondary N) is 1. The van der Waals surface area contributed by atoms with Gasteiger partial charge in [0.05, 0.1) is 11.4 Å². The van der Waals surface area contributed by atoms with Crippen LogP contribution in [0.3, 0.4) is 0 Å². The summed E-state index contributed by atoms with van der Waals surface area (Å²) in [4.78, 5) is 16.0. The topological polar surface area (TPSA) is 67.9 Å². The predicted molar refractivity (Wildman–Crippen MR) is 148 cm³/mol. The van der Waals surface area contributed by atoms with Crippen LogP contribution in [0.15, 0.2) is 61.3 Å². The van der Waals surface area contributed by atoms with Gasteiger partial charge in [0.15, 0.2) is 0 Å². The molecule has 2 aromatic heterocycles. The third-order valence-corrected chi connectivity index (χ3v) is 6.60. The quantitative estimate of drug-likeness (QED) is 0.248. The number of hydrogen-bond donors (Lipinski definition) is 1. The van der Waals surface area contributed by atoms with Crippen LogP contribution >= 0.6 is 0 Å². The molecule has 4 rings (SSSR count). The molecule has 182 valence electrons. The monoisotopic (exact) mass is 477 g/mol. The van der Waals surface area contributed by atoms with Crippen molar-refractivity contribution in [2.75, 3.05) is 0 Å². The maximum atomic E-state index is 11.4. The Balaban J connectivity index is 1.84. The number of esters is 1. The number of ether oxygens (including phenoxy) is 1. The van der Waals surface area contributed by atoms with Gasteiger partial charge in [-0.15, -0.1) is 0 Å². The first-order chi connectivity index (χ1) is 17.2. The van der Waals surface area contributed by atoms with Crippen molar-refractivity contribution in [2.24, 2.45) is 0 Å². The van der Waals surface area contributed by atoms with E-state index in [-0.39, 0.29) is 13.3 Å². The van der Waals surface area contributed by atoms with Gasteiger partial charge in [-0.3, -0.25) is 10.1 Å². The zero-order valence-electron chi connectivity index (χ0n) is 21.9. The number of benzene rings is 2. The lowest BCUT2D eigenvalue weighted by molar-refractivity contribution is -0.139. The summed E-state index contributed by atoms with van der Waals surface area (Å²) in [6.45, 7) is 16.7. The van der Waals surface area contributed by atoms with E-state index in [0.29, 0.717) is 11.4 Å². The maximum absolute atomic E-state index is 11.4. The molecule has 2 heterocycles. The summed E-state index contributed by atoms with van der Waals surface area (Å²) in [5, 5.41) is 7.37. The molecule has 0 fully saturated rings. The number of aryl methyl sites for hydroxylation is 6. The maximum Gasteiger partial charge on any atom is 0.330 e. The Kier molecular flexibility index (Phi) is 7.25. The highest BCUT2D eigenvalue weighted by Gasteiger charge is 2.29. The third kappa shape index (κ3) is 5.18. The van der Waals surface area contributed by atoms with E-state index in [9.17, 15) is 4.79 Å². The van der Waals surface area contributed by atoms with Crippen LogP contribution in [0.1, 0.15) is 39.1 Å². The summed E-state index contributed by atoms with van der Waals surface area (Å²) in [6, 6.07) is 15.1. The Hall–Kier alpha value is -3.93. The van der Waals surface area contributed by atoms with E-state index in [1.165, 1.54) is 44.3 Å². The summed E-state index contributed by atoms with van der Waals surface area (Å²) >= 11 is 0. The lowest BCUT2D eigenvalue weighted by atomic mass is 9.34. The largest absolute Gasteiger partial charge is 0.456 e. The number of aromatic amines is 1. The fourth-order valence-corrected chi connectivity index (χ4v) is 5.31. The van der Waals surface area contributed by atoms with Crippen molar-refractivity contribution in [3.05, 3.63) is 100 Å². The van der Waals surface area contributed by atoms with Crippen molar-refractivity contribution in [3.63, 3.8) is 0 Å². The van der Waals surface area contributed by atoms with Crippen LogP contribution in [0.5, 0.6) is 0 Å². The second-order valence-corrected chi connectivity index (χ2v) is 9.62. The van der Waals surface area contributed by atoms with Crippen LogP contribution < -0.4 is 16.4 Å². The lowest BCUT2D eigenvalue weighted by Crippen LogP contribution is -2.55. The van der Waals surface area contributed by atoms with Gasteiger partial charge in [-0.25, -0.2) is 4.79 Å². The molecular weight excluding hydrogens is 445 g/mol. The molecule has 0 saturated heterocycles. The number of pyridine rings is 1. The summed E-state index contributed by atoms with van der Waals surface area (Å²) in [5.74, 6) is -0.471. The average Bonchev–Trinajstić information content (AvgIpc) is 3.29. The second kappa shape index (κ2) is 10.4. The SMILES string of the molecule is C=CC(=O)OCc1cc(-c2cc(B(c3c(C)cc(C)cc3C)c3c(C)cc(C)cc3C)ccn2)n[nH]1. The van der Waals surface area contributed by atoms with E-state index >= 15 is 0 Å². The Morgan fingerprint density at radius 1 is 0.889 bits per heavy atom. The number of aromatic nitrogens is 3. The molecule has 5 nitrogen and oxygen atoms in total. The molecule has 36 heavy (non-hydrogen) atoms. The molecule has 0 amide bonds. The number of nitrogens with zero attached hydrogens (tertiary/aromatic N) is 2. The van der Waals surface area contributed by atoms with Gasteiger partial charge in [0.25, 0.3) is 0 Å². The van der Waals surface area contributed by atoms with Gasteiger partial charge in [0, 0.05) is 12.3 Å². The minimum atomic E-state index is -0.471. The molecule has 0 bridgehead atoms. The molecule has 0 spiro atoms. The smallest absolute Gasteiger partial charge is 0.330 e. The molecule has 6 heteroatoms. The predicted octanol–water partition coefficient (Wildman–Crippen LogP) is 4.07. The molecule has 0 atom stereocenters. The fraction of sp³-hybridized carbons (Fsp3) is 0.233.